The standard InChI is InChI=1S/C24H27N3O2S/c28-22(16-18-8-3-1-4-9-18)29-15-7-13-27-14-12-21-20(17-27)23(26-24(30)25-21)19-10-5-2-6-11-19/h1-6,8-11,23H,7,12-17H2,(H2,25,26,30). The number of benzene rings is 2. The highest BCUT2D eigenvalue weighted by molar-refractivity contribution is 7.80. The molecule has 0 fully saturated rings. The molecule has 6 heteroatoms. The molecule has 2 N–H and O–H groups in total. The van der Waals surface area contributed by atoms with Gasteiger partial charge in [0.2, 0.25) is 0 Å². The van der Waals surface area contributed by atoms with E-state index >= 15 is 0 Å². The summed E-state index contributed by atoms with van der Waals surface area (Å²) in [7, 11) is 0. The second kappa shape index (κ2) is 9.87. The van der Waals surface area contributed by atoms with Gasteiger partial charge in [0.05, 0.1) is 19.1 Å². The molecule has 5 nitrogen and oxygen atoms in total. The third kappa shape index (κ3) is 5.26. The molecule has 2 heterocycles. The van der Waals surface area contributed by atoms with Crippen molar-refractivity contribution in [2.24, 2.45) is 0 Å². The summed E-state index contributed by atoms with van der Waals surface area (Å²) in [5.41, 5.74) is 4.81. The van der Waals surface area contributed by atoms with E-state index in [0.717, 1.165) is 38.0 Å². The minimum atomic E-state index is -0.164. The van der Waals surface area contributed by atoms with Gasteiger partial charge in [-0.15, -0.1) is 0 Å². The van der Waals surface area contributed by atoms with Crippen LogP contribution in [0.5, 0.6) is 0 Å². The highest BCUT2D eigenvalue weighted by atomic mass is 32.1. The molecule has 0 amide bonds. The van der Waals surface area contributed by atoms with Crippen molar-refractivity contribution in [3.63, 3.8) is 0 Å². The zero-order chi connectivity index (χ0) is 20.8. The van der Waals surface area contributed by atoms with Crippen molar-refractivity contribution in [2.45, 2.75) is 25.3 Å². The molecular formula is C24H27N3O2S. The first-order chi connectivity index (χ1) is 14.7. The Labute approximate surface area is 183 Å². The van der Waals surface area contributed by atoms with Crippen LogP contribution in [0.15, 0.2) is 71.9 Å². The molecule has 156 valence electrons. The summed E-state index contributed by atoms with van der Waals surface area (Å²) < 4.78 is 5.43. The Bertz CT molecular complexity index is 915. The van der Waals surface area contributed by atoms with Crippen LogP contribution in [0.1, 0.15) is 30.0 Å². The lowest BCUT2D eigenvalue weighted by Crippen LogP contribution is -2.49. The van der Waals surface area contributed by atoms with Crippen molar-refractivity contribution in [1.29, 1.82) is 0 Å². The lowest BCUT2D eigenvalue weighted by atomic mass is 9.92. The molecule has 1 unspecified atom stereocenters. The molecule has 1 atom stereocenters. The van der Waals surface area contributed by atoms with E-state index < -0.39 is 0 Å². The summed E-state index contributed by atoms with van der Waals surface area (Å²) in [5.74, 6) is -0.164. The van der Waals surface area contributed by atoms with E-state index in [1.807, 2.05) is 36.4 Å². The minimum absolute atomic E-state index is 0.112. The molecule has 0 saturated carbocycles. The summed E-state index contributed by atoms with van der Waals surface area (Å²) in [6, 6.07) is 20.3. The molecule has 2 aromatic carbocycles. The summed E-state index contributed by atoms with van der Waals surface area (Å²) in [6.07, 6.45) is 2.11. The van der Waals surface area contributed by atoms with Gasteiger partial charge in [0.1, 0.15) is 0 Å². The first-order valence-corrected chi connectivity index (χ1v) is 10.9. The number of thiocarbonyl (C=S) groups is 1. The van der Waals surface area contributed by atoms with Gasteiger partial charge in [-0.25, -0.2) is 0 Å². The molecule has 0 radical (unpaired) electrons. The van der Waals surface area contributed by atoms with E-state index in [-0.39, 0.29) is 12.0 Å². The molecule has 0 aliphatic carbocycles. The van der Waals surface area contributed by atoms with Crippen molar-refractivity contribution in [3.8, 4) is 0 Å². The van der Waals surface area contributed by atoms with Crippen LogP contribution in [0.25, 0.3) is 0 Å². The Morgan fingerprint density at radius 3 is 2.60 bits per heavy atom. The van der Waals surface area contributed by atoms with E-state index in [4.69, 9.17) is 17.0 Å². The van der Waals surface area contributed by atoms with Crippen LogP contribution < -0.4 is 10.6 Å². The summed E-state index contributed by atoms with van der Waals surface area (Å²) in [6.45, 7) is 3.22. The third-order valence-corrected chi connectivity index (χ3v) is 5.77. The van der Waals surface area contributed by atoms with Crippen LogP contribution in [0.4, 0.5) is 0 Å². The van der Waals surface area contributed by atoms with Crippen LogP contribution in [0.3, 0.4) is 0 Å². The van der Waals surface area contributed by atoms with E-state index in [9.17, 15) is 4.79 Å². The smallest absolute Gasteiger partial charge is 0.310 e. The van der Waals surface area contributed by atoms with Crippen molar-refractivity contribution in [1.82, 2.24) is 15.5 Å². The second-order valence-electron chi connectivity index (χ2n) is 7.71. The maximum atomic E-state index is 12.0. The number of nitrogens with one attached hydrogen (secondary N) is 2. The van der Waals surface area contributed by atoms with Gasteiger partial charge in [-0.3, -0.25) is 9.69 Å². The average molecular weight is 422 g/mol. The fourth-order valence-electron chi connectivity index (χ4n) is 4.05. The fraction of sp³-hybridized carbons (Fsp3) is 0.333. The van der Waals surface area contributed by atoms with Crippen LogP contribution in [0, 0.1) is 0 Å². The van der Waals surface area contributed by atoms with E-state index in [1.165, 1.54) is 16.8 Å². The van der Waals surface area contributed by atoms with Crippen molar-refractivity contribution < 1.29 is 9.53 Å². The summed E-state index contributed by atoms with van der Waals surface area (Å²) in [4.78, 5) is 14.4. The van der Waals surface area contributed by atoms with Gasteiger partial charge >= 0.3 is 5.97 Å². The number of carbonyl (C=O) groups excluding carboxylic acids is 1. The molecule has 0 saturated heterocycles. The number of hydrogen-bond acceptors (Lipinski definition) is 4. The van der Waals surface area contributed by atoms with Gasteiger partial charge in [0, 0.05) is 31.8 Å². The number of nitrogens with zero attached hydrogens (tertiary/aromatic N) is 1. The van der Waals surface area contributed by atoms with Crippen molar-refractivity contribution in [2.75, 3.05) is 26.2 Å². The molecule has 0 spiro atoms. The highest BCUT2D eigenvalue weighted by Gasteiger charge is 2.30. The Hall–Kier alpha value is -2.70. The summed E-state index contributed by atoms with van der Waals surface area (Å²) in [5, 5.41) is 7.47. The predicted molar refractivity (Wildman–Crippen MR) is 122 cm³/mol. The van der Waals surface area contributed by atoms with Gasteiger partial charge in [-0.2, -0.15) is 0 Å². The Balaban J connectivity index is 1.28. The lowest BCUT2D eigenvalue weighted by molar-refractivity contribution is -0.143. The van der Waals surface area contributed by atoms with Gasteiger partial charge in [0.25, 0.3) is 0 Å². The van der Waals surface area contributed by atoms with E-state index in [1.54, 1.807) is 0 Å². The molecular weight excluding hydrogens is 394 g/mol. The molecule has 2 aliphatic heterocycles. The van der Waals surface area contributed by atoms with Gasteiger partial charge in [0.15, 0.2) is 5.11 Å². The lowest BCUT2D eigenvalue weighted by Gasteiger charge is -2.39. The molecule has 30 heavy (non-hydrogen) atoms. The molecule has 0 bridgehead atoms. The summed E-state index contributed by atoms with van der Waals surface area (Å²) >= 11 is 5.42. The maximum Gasteiger partial charge on any atom is 0.310 e. The average Bonchev–Trinajstić information content (AvgIpc) is 2.77. The predicted octanol–water partition coefficient (Wildman–Crippen LogP) is 3.34. The second-order valence-corrected chi connectivity index (χ2v) is 8.12. The zero-order valence-corrected chi connectivity index (χ0v) is 17.8. The number of hydrogen-bond donors (Lipinski definition) is 2. The third-order valence-electron chi connectivity index (χ3n) is 5.55. The first-order valence-electron chi connectivity index (χ1n) is 10.5. The minimum Gasteiger partial charge on any atom is -0.465 e. The fourth-order valence-corrected chi connectivity index (χ4v) is 4.30. The monoisotopic (exact) mass is 421 g/mol. The van der Waals surface area contributed by atoms with Crippen molar-refractivity contribution in [3.05, 3.63) is 83.1 Å². The maximum absolute atomic E-state index is 12.0. The van der Waals surface area contributed by atoms with Crippen LogP contribution >= 0.6 is 12.2 Å². The quantitative estimate of drug-likeness (QED) is 0.406. The van der Waals surface area contributed by atoms with Gasteiger partial charge in [-0.1, -0.05) is 60.7 Å². The molecule has 0 aromatic heterocycles. The Morgan fingerprint density at radius 2 is 1.83 bits per heavy atom. The number of rotatable bonds is 7. The van der Waals surface area contributed by atoms with Crippen LogP contribution in [-0.4, -0.2) is 42.2 Å². The first kappa shape index (κ1) is 20.6. The highest BCUT2D eigenvalue weighted by Crippen LogP contribution is 2.31. The van der Waals surface area contributed by atoms with E-state index in [2.05, 4.69) is 39.8 Å². The van der Waals surface area contributed by atoms with E-state index in [0.29, 0.717) is 18.1 Å². The van der Waals surface area contributed by atoms with Gasteiger partial charge < -0.3 is 15.4 Å². The Morgan fingerprint density at radius 1 is 1.10 bits per heavy atom. The van der Waals surface area contributed by atoms with Crippen molar-refractivity contribution >= 4 is 23.3 Å². The number of esters is 1. The molecule has 4 rings (SSSR count). The van der Waals surface area contributed by atoms with Crippen LogP contribution in [0.2, 0.25) is 0 Å². The van der Waals surface area contributed by atoms with Crippen LogP contribution in [-0.2, 0) is 16.0 Å². The number of carbonyl (C=O) groups is 1. The zero-order valence-electron chi connectivity index (χ0n) is 17.0. The number of ether oxygens (including phenoxy) is 1. The normalized spacial score (nSPS) is 18.9. The largest absolute Gasteiger partial charge is 0.465 e. The SMILES string of the molecule is O=C(Cc1ccccc1)OCCCN1CCC2=C(C1)C(c1ccccc1)NC(=S)N2. The van der Waals surface area contributed by atoms with Gasteiger partial charge in [-0.05, 0) is 35.3 Å². The molecule has 2 aliphatic rings. The Kier molecular flexibility index (Phi) is 6.77. The molecule has 2 aromatic rings. The topological polar surface area (TPSA) is 53.6 Å².